The minimum Gasteiger partial charge on any atom is -0.606 e. The molecule has 0 radical (unpaired) electrons. The number of aromatic amines is 1. The quantitative estimate of drug-likeness (QED) is 0.387. The summed E-state index contributed by atoms with van der Waals surface area (Å²) in [5.41, 5.74) is 4.89. The van der Waals surface area contributed by atoms with Crippen molar-refractivity contribution in [3.8, 4) is 11.1 Å². The first-order valence-electron chi connectivity index (χ1n) is 8.54. The zero-order chi connectivity index (χ0) is 19.3. The highest BCUT2D eigenvalue weighted by Gasteiger charge is 2.31. The fourth-order valence-corrected chi connectivity index (χ4v) is 5.22. The summed E-state index contributed by atoms with van der Waals surface area (Å²) in [6, 6.07) is 8.72. The number of rotatable bonds is 5. The highest BCUT2D eigenvalue weighted by Crippen LogP contribution is 2.46. The lowest BCUT2D eigenvalue weighted by molar-refractivity contribution is 0.601. The molecule has 3 aromatic rings. The zero-order valence-electron chi connectivity index (χ0n) is 14.9. The molecule has 1 heterocycles. The van der Waals surface area contributed by atoms with Gasteiger partial charge in [0.1, 0.15) is 0 Å². The van der Waals surface area contributed by atoms with Crippen LogP contribution in [-0.2, 0) is 21.0 Å². The van der Waals surface area contributed by atoms with Gasteiger partial charge in [-0.1, -0.05) is 6.07 Å². The number of hydrogen-bond donors (Lipinski definition) is 2. The van der Waals surface area contributed by atoms with Crippen molar-refractivity contribution >= 4 is 37.5 Å². The predicted octanol–water partition coefficient (Wildman–Crippen LogP) is 3.53. The van der Waals surface area contributed by atoms with Gasteiger partial charge in [-0.2, -0.15) is 5.10 Å². The molecule has 1 atom stereocenters. The fourth-order valence-electron chi connectivity index (χ4n) is 3.51. The van der Waals surface area contributed by atoms with Crippen molar-refractivity contribution in [2.45, 2.75) is 35.5 Å². The van der Waals surface area contributed by atoms with Crippen molar-refractivity contribution in [3.05, 3.63) is 41.6 Å². The Morgan fingerprint density at radius 3 is 2.63 bits per heavy atom. The van der Waals surface area contributed by atoms with E-state index in [1.807, 2.05) is 6.07 Å². The second-order valence-electron chi connectivity index (χ2n) is 6.91. The van der Waals surface area contributed by atoms with E-state index in [9.17, 15) is 13.0 Å². The lowest BCUT2D eigenvalue weighted by atomic mass is 9.97. The Kier molecular flexibility index (Phi) is 4.37. The van der Waals surface area contributed by atoms with Crippen molar-refractivity contribution in [3.63, 3.8) is 0 Å². The minimum atomic E-state index is -3.32. The Balaban J connectivity index is 2.03. The van der Waals surface area contributed by atoms with Gasteiger partial charge in [-0.3, -0.25) is 10.5 Å². The molecule has 0 aliphatic heterocycles. The van der Waals surface area contributed by atoms with Crippen LogP contribution in [0.5, 0.6) is 0 Å². The first-order chi connectivity index (χ1) is 12.8. The SMILES string of the molecule is Cc1cc(-c2c([S+]([O-])C=N)ccc3[nH]nc(C4CC4)c23)ccc1S(C)(=O)=O. The third-order valence-corrected chi connectivity index (χ3v) is 7.12. The summed E-state index contributed by atoms with van der Waals surface area (Å²) >= 11 is -1.59. The highest BCUT2D eigenvalue weighted by atomic mass is 32.2. The van der Waals surface area contributed by atoms with Crippen LogP contribution in [0.1, 0.15) is 30.0 Å². The van der Waals surface area contributed by atoms with Crippen molar-refractivity contribution in [2.75, 3.05) is 6.26 Å². The van der Waals surface area contributed by atoms with Crippen LogP contribution in [0.4, 0.5) is 0 Å². The normalized spacial score (nSPS) is 15.8. The van der Waals surface area contributed by atoms with Crippen LogP contribution in [0, 0.1) is 12.3 Å². The van der Waals surface area contributed by atoms with Crippen LogP contribution in [0.3, 0.4) is 0 Å². The number of hydrogen-bond acceptors (Lipinski definition) is 5. The van der Waals surface area contributed by atoms with E-state index < -0.39 is 21.0 Å². The van der Waals surface area contributed by atoms with Crippen LogP contribution >= 0.6 is 0 Å². The van der Waals surface area contributed by atoms with Gasteiger partial charge in [-0.25, -0.2) is 8.42 Å². The Morgan fingerprint density at radius 2 is 2.04 bits per heavy atom. The van der Waals surface area contributed by atoms with Crippen LogP contribution in [0.25, 0.3) is 22.0 Å². The predicted molar refractivity (Wildman–Crippen MR) is 107 cm³/mol. The summed E-state index contributed by atoms with van der Waals surface area (Å²) in [5, 5.41) is 15.9. The number of fused-ring (bicyclic) bond motifs is 1. The molecule has 1 saturated carbocycles. The summed E-state index contributed by atoms with van der Waals surface area (Å²) < 4.78 is 36.4. The zero-order valence-corrected chi connectivity index (χ0v) is 16.6. The first-order valence-corrected chi connectivity index (χ1v) is 11.6. The van der Waals surface area contributed by atoms with E-state index in [2.05, 4.69) is 10.2 Å². The maximum atomic E-state index is 12.5. The van der Waals surface area contributed by atoms with E-state index in [1.54, 1.807) is 31.2 Å². The molecule has 2 N–H and O–H groups in total. The Hall–Kier alpha value is -2.16. The molecule has 0 bridgehead atoms. The van der Waals surface area contributed by atoms with Crippen LogP contribution in [-0.4, -0.2) is 35.0 Å². The molecule has 0 amide bonds. The number of aromatic nitrogens is 2. The lowest BCUT2D eigenvalue weighted by Crippen LogP contribution is -2.05. The Morgan fingerprint density at radius 1 is 1.30 bits per heavy atom. The fraction of sp³-hybridized carbons (Fsp3) is 0.263. The molecule has 140 valence electrons. The summed E-state index contributed by atoms with van der Waals surface area (Å²) in [6.45, 7) is 1.75. The molecule has 4 rings (SSSR count). The van der Waals surface area contributed by atoms with Gasteiger partial charge in [-0.15, -0.1) is 0 Å². The van der Waals surface area contributed by atoms with Gasteiger partial charge in [0.25, 0.3) is 0 Å². The maximum Gasteiger partial charge on any atom is 0.206 e. The minimum absolute atomic E-state index is 0.280. The third kappa shape index (κ3) is 3.18. The van der Waals surface area contributed by atoms with Gasteiger partial charge < -0.3 is 4.55 Å². The number of aryl methyl sites for hydroxylation is 1. The molecular weight excluding hydrogens is 382 g/mol. The number of nitrogens with zero attached hydrogens (tertiary/aromatic N) is 1. The van der Waals surface area contributed by atoms with Gasteiger partial charge in [-0.05, 0) is 55.2 Å². The number of H-pyrrole nitrogens is 1. The molecular formula is C19H19N3O3S2. The number of sulfone groups is 1. The van der Waals surface area contributed by atoms with Crippen molar-refractivity contribution in [2.24, 2.45) is 0 Å². The van der Waals surface area contributed by atoms with E-state index >= 15 is 0 Å². The Labute approximate surface area is 160 Å². The second kappa shape index (κ2) is 6.47. The monoisotopic (exact) mass is 401 g/mol. The smallest absolute Gasteiger partial charge is 0.206 e. The molecule has 1 aliphatic carbocycles. The number of nitrogens with one attached hydrogen (secondary N) is 2. The molecule has 0 saturated heterocycles. The van der Waals surface area contributed by atoms with Crippen LogP contribution in [0.15, 0.2) is 40.1 Å². The summed E-state index contributed by atoms with van der Waals surface area (Å²) in [7, 11) is -3.32. The van der Waals surface area contributed by atoms with Crippen molar-refractivity contribution < 1.29 is 13.0 Å². The van der Waals surface area contributed by atoms with Crippen molar-refractivity contribution in [1.29, 1.82) is 5.41 Å². The molecule has 1 aromatic heterocycles. The molecule has 0 spiro atoms. The van der Waals surface area contributed by atoms with E-state index in [1.165, 1.54) is 6.26 Å². The first kappa shape index (κ1) is 18.2. The van der Waals surface area contributed by atoms with Crippen LogP contribution in [0.2, 0.25) is 0 Å². The van der Waals surface area contributed by atoms with E-state index in [0.717, 1.165) is 46.1 Å². The molecule has 8 heteroatoms. The summed E-state index contributed by atoms with van der Waals surface area (Å²) in [6.07, 6.45) is 3.33. The standard InChI is InChI=1S/C19H19N3O3S2/c1-11-9-13(5-8-16(11)27(2,24)25)17-15(26(23)10-20)7-6-14-18(17)19(22-21-14)12-3-4-12/h5-10,12,20H,3-4H2,1-2H3,(H,21,22). The second-order valence-corrected chi connectivity index (χ2v) is 10.2. The molecule has 6 nitrogen and oxygen atoms in total. The summed E-state index contributed by atoms with van der Waals surface area (Å²) in [4.78, 5) is 0.815. The van der Waals surface area contributed by atoms with E-state index in [0.29, 0.717) is 16.4 Å². The Bertz CT molecular complexity index is 1160. The van der Waals surface area contributed by atoms with Gasteiger partial charge >= 0.3 is 0 Å². The summed E-state index contributed by atoms with van der Waals surface area (Å²) in [5.74, 6) is 0.387. The van der Waals surface area contributed by atoms with Gasteiger partial charge in [0.2, 0.25) is 5.55 Å². The largest absolute Gasteiger partial charge is 0.606 e. The maximum absolute atomic E-state index is 12.5. The lowest BCUT2D eigenvalue weighted by Gasteiger charge is -2.14. The average Bonchev–Trinajstić information content (AvgIpc) is 3.38. The van der Waals surface area contributed by atoms with Gasteiger partial charge in [0.05, 0.1) is 16.1 Å². The van der Waals surface area contributed by atoms with Gasteiger partial charge in [0.15, 0.2) is 14.7 Å². The molecule has 2 aromatic carbocycles. The van der Waals surface area contributed by atoms with E-state index in [4.69, 9.17) is 5.41 Å². The molecule has 1 aliphatic rings. The topological polar surface area (TPSA) is 110 Å². The molecule has 1 fully saturated rings. The molecule has 27 heavy (non-hydrogen) atoms. The third-order valence-electron chi connectivity index (χ3n) is 4.87. The van der Waals surface area contributed by atoms with E-state index in [-0.39, 0.29) is 4.90 Å². The molecule has 1 unspecified atom stereocenters. The van der Waals surface area contributed by atoms with Crippen molar-refractivity contribution in [1.82, 2.24) is 10.2 Å². The van der Waals surface area contributed by atoms with Gasteiger partial charge in [0, 0.05) is 34.3 Å². The highest BCUT2D eigenvalue weighted by molar-refractivity contribution is 8.04. The van der Waals surface area contributed by atoms with Crippen LogP contribution < -0.4 is 0 Å². The number of benzene rings is 2. The average molecular weight is 402 g/mol.